The molecule has 2 unspecified atom stereocenters. The molecule has 140 valence electrons. The summed E-state index contributed by atoms with van der Waals surface area (Å²) >= 11 is 0. The highest BCUT2D eigenvalue weighted by Gasteiger charge is 2.49. The molecule has 26 heavy (non-hydrogen) atoms. The summed E-state index contributed by atoms with van der Waals surface area (Å²) in [5.74, 6) is 0. The molecule has 1 aromatic carbocycles. The molecule has 2 saturated heterocycles. The van der Waals surface area contributed by atoms with Crippen LogP contribution >= 0.6 is 0 Å². The molecule has 2 aliphatic rings. The molecule has 6 heteroatoms. The number of nitrogens with zero attached hydrogens (tertiary/aromatic N) is 2. The number of hydrogen-bond acceptors (Lipinski definition) is 5. The standard InChI is InChI=1S/C20H26N2O4/c1-19(2,3)26-18(23)22-16-9-20(24,10-17(22)13-25-12-16)8-14-5-4-6-15(7-14)11-21/h4-7,16-17,24H,8-10,12-13H2,1-3H3. The van der Waals surface area contributed by atoms with E-state index >= 15 is 0 Å². The molecule has 0 spiro atoms. The summed E-state index contributed by atoms with van der Waals surface area (Å²) < 4.78 is 11.2. The Kier molecular flexibility index (Phi) is 4.96. The van der Waals surface area contributed by atoms with Crippen LogP contribution in [0.1, 0.15) is 44.7 Å². The van der Waals surface area contributed by atoms with Crippen LogP contribution in [0.15, 0.2) is 24.3 Å². The van der Waals surface area contributed by atoms with Gasteiger partial charge in [-0.05, 0) is 51.3 Å². The van der Waals surface area contributed by atoms with Crippen molar-refractivity contribution in [3.63, 3.8) is 0 Å². The van der Waals surface area contributed by atoms with Gasteiger partial charge < -0.3 is 14.6 Å². The number of aliphatic hydroxyl groups is 1. The van der Waals surface area contributed by atoms with Crippen LogP contribution < -0.4 is 0 Å². The maximum atomic E-state index is 12.6. The van der Waals surface area contributed by atoms with E-state index < -0.39 is 11.2 Å². The topological polar surface area (TPSA) is 82.8 Å². The Labute approximate surface area is 154 Å². The van der Waals surface area contributed by atoms with Crippen molar-refractivity contribution in [2.75, 3.05) is 13.2 Å². The number of carbonyl (C=O) groups excluding carboxylic acids is 1. The highest BCUT2D eigenvalue weighted by molar-refractivity contribution is 5.69. The average Bonchev–Trinajstić information content (AvgIpc) is 2.52. The molecule has 3 rings (SSSR count). The molecule has 0 aliphatic carbocycles. The number of benzene rings is 1. The minimum Gasteiger partial charge on any atom is -0.444 e. The van der Waals surface area contributed by atoms with Gasteiger partial charge >= 0.3 is 6.09 Å². The zero-order valence-electron chi connectivity index (χ0n) is 15.6. The van der Waals surface area contributed by atoms with Crippen molar-refractivity contribution < 1.29 is 19.4 Å². The molecule has 1 N–H and O–H groups in total. The fourth-order valence-corrected chi connectivity index (χ4v) is 3.96. The van der Waals surface area contributed by atoms with E-state index in [1.807, 2.05) is 39.0 Å². The first-order valence-electron chi connectivity index (χ1n) is 9.00. The van der Waals surface area contributed by atoms with Gasteiger partial charge in [-0.15, -0.1) is 0 Å². The summed E-state index contributed by atoms with van der Waals surface area (Å²) in [6, 6.07) is 9.03. The lowest BCUT2D eigenvalue weighted by atomic mass is 9.77. The first-order valence-corrected chi connectivity index (χ1v) is 9.00. The summed E-state index contributed by atoms with van der Waals surface area (Å²) in [5, 5.41) is 20.3. The minimum atomic E-state index is -0.925. The molecule has 2 bridgehead atoms. The Balaban J connectivity index is 1.76. The van der Waals surface area contributed by atoms with Gasteiger partial charge in [-0.3, -0.25) is 4.90 Å². The lowest BCUT2D eigenvalue weighted by Gasteiger charge is -2.51. The number of carbonyl (C=O) groups is 1. The zero-order valence-corrected chi connectivity index (χ0v) is 15.6. The Morgan fingerprint density at radius 2 is 2.04 bits per heavy atom. The predicted molar refractivity (Wildman–Crippen MR) is 95.5 cm³/mol. The first-order chi connectivity index (χ1) is 12.2. The fraction of sp³-hybridized carbons (Fsp3) is 0.600. The summed E-state index contributed by atoms with van der Waals surface area (Å²) in [6.45, 7) is 6.34. The van der Waals surface area contributed by atoms with E-state index in [1.54, 1.807) is 11.0 Å². The zero-order chi connectivity index (χ0) is 18.9. The molecule has 0 aromatic heterocycles. The van der Waals surface area contributed by atoms with Crippen LogP contribution in [0, 0.1) is 11.3 Å². The SMILES string of the molecule is CC(C)(C)OC(=O)N1C2COCC1CC(O)(Cc1cccc(C#N)c1)C2. The average molecular weight is 358 g/mol. The number of rotatable bonds is 2. The third kappa shape index (κ3) is 4.17. The highest BCUT2D eigenvalue weighted by Crippen LogP contribution is 2.37. The lowest BCUT2D eigenvalue weighted by molar-refractivity contribution is -0.137. The van der Waals surface area contributed by atoms with Crippen LogP contribution in [0.2, 0.25) is 0 Å². The van der Waals surface area contributed by atoms with Crippen LogP contribution in [-0.4, -0.2) is 52.6 Å². The van der Waals surface area contributed by atoms with Gasteiger partial charge in [-0.25, -0.2) is 4.79 Å². The van der Waals surface area contributed by atoms with Crippen molar-refractivity contribution in [3.05, 3.63) is 35.4 Å². The van der Waals surface area contributed by atoms with E-state index in [-0.39, 0.29) is 18.2 Å². The fourth-order valence-electron chi connectivity index (χ4n) is 3.96. The summed E-state index contributed by atoms with van der Waals surface area (Å²) in [6.07, 6.45) is 0.973. The third-order valence-corrected chi connectivity index (χ3v) is 4.83. The molecule has 2 aliphatic heterocycles. The van der Waals surface area contributed by atoms with E-state index in [9.17, 15) is 9.90 Å². The minimum absolute atomic E-state index is 0.207. The quantitative estimate of drug-likeness (QED) is 0.879. The van der Waals surface area contributed by atoms with Gasteiger partial charge in [0.05, 0.1) is 42.5 Å². The lowest BCUT2D eigenvalue weighted by Crippen LogP contribution is -2.64. The van der Waals surface area contributed by atoms with Gasteiger partial charge in [0.15, 0.2) is 0 Å². The van der Waals surface area contributed by atoms with Crippen molar-refractivity contribution in [2.24, 2.45) is 0 Å². The Morgan fingerprint density at radius 3 is 2.62 bits per heavy atom. The number of nitriles is 1. The second kappa shape index (κ2) is 6.90. The first kappa shape index (κ1) is 18.7. The maximum absolute atomic E-state index is 12.6. The second-order valence-electron chi connectivity index (χ2n) is 8.35. The van der Waals surface area contributed by atoms with Crippen LogP contribution in [0.4, 0.5) is 4.79 Å². The number of amides is 1. The monoisotopic (exact) mass is 358 g/mol. The predicted octanol–water partition coefficient (Wildman–Crippen LogP) is 2.63. The molecule has 0 radical (unpaired) electrons. The normalized spacial score (nSPS) is 28.3. The molecule has 2 atom stereocenters. The van der Waals surface area contributed by atoms with Gasteiger partial charge in [0.1, 0.15) is 5.60 Å². The van der Waals surface area contributed by atoms with E-state index in [0.29, 0.717) is 38.0 Å². The summed E-state index contributed by atoms with van der Waals surface area (Å²) in [5.41, 5.74) is 0.0285. The second-order valence-corrected chi connectivity index (χ2v) is 8.35. The number of hydrogen-bond donors (Lipinski definition) is 1. The number of ether oxygens (including phenoxy) is 2. The van der Waals surface area contributed by atoms with Crippen molar-refractivity contribution in [2.45, 2.75) is 63.3 Å². The van der Waals surface area contributed by atoms with Gasteiger partial charge in [-0.2, -0.15) is 5.26 Å². The van der Waals surface area contributed by atoms with Crippen molar-refractivity contribution in [1.29, 1.82) is 5.26 Å². The molecule has 2 fully saturated rings. The summed E-state index contributed by atoms with van der Waals surface area (Å²) in [7, 11) is 0. The van der Waals surface area contributed by atoms with Crippen LogP contribution in [0.3, 0.4) is 0 Å². The Bertz CT molecular complexity index is 705. The smallest absolute Gasteiger partial charge is 0.410 e. The van der Waals surface area contributed by atoms with E-state index in [1.165, 1.54) is 0 Å². The van der Waals surface area contributed by atoms with E-state index in [2.05, 4.69) is 6.07 Å². The molecule has 0 saturated carbocycles. The van der Waals surface area contributed by atoms with E-state index in [4.69, 9.17) is 14.7 Å². The third-order valence-electron chi connectivity index (χ3n) is 4.83. The Morgan fingerprint density at radius 1 is 1.38 bits per heavy atom. The van der Waals surface area contributed by atoms with Gasteiger partial charge in [0.25, 0.3) is 0 Å². The summed E-state index contributed by atoms with van der Waals surface area (Å²) in [4.78, 5) is 14.4. The van der Waals surface area contributed by atoms with Crippen LogP contribution in [0.5, 0.6) is 0 Å². The van der Waals surface area contributed by atoms with Crippen molar-refractivity contribution in [1.82, 2.24) is 4.90 Å². The molecular weight excluding hydrogens is 332 g/mol. The maximum Gasteiger partial charge on any atom is 0.410 e. The molecular formula is C20H26N2O4. The number of morpholine rings is 1. The van der Waals surface area contributed by atoms with Crippen molar-refractivity contribution in [3.8, 4) is 6.07 Å². The van der Waals surface area contributed by atoms with E-state index in [0.717, 1.165) is 5.56 Å². The molecule has 2 heterocycles. The van der Waals surface area contributed by atoms with Gasteiger partial charge in [0.2, 0.25) is 0 Å². The van der Waals surface area contributed by atoms with Gasteiger partial charge in [0, 0.05) is 6.42 Å². The largest absolute Gasteiger partial charge is 0.444 e. The van der Waals surface area contributed by atoms with Crippen molar-refractivity contribution >= 4 is 6.09 Å². The molecule has 1 aromatic rings. The van der Waals surface area contributed by atoms with Gasteiger partial charge in [-0.1, -0.05) is 12.1 Å². The highest BCUT2D eigenvalue weighted by atomic mass is 16.6. The Hall–Kier alpha value is -2.10. The number of fused-ring (bicyclic) bond motifs is 2. The number of piperidine rings is 1. The van der Waals surface area contributed by atoms with Crippen LogP contribution in [0.25, 0.3) is 0 Å². The van der Waals surface area contributed by atoms with Crippen LogP contribution in [-0.2, 0) is 15.9 Å². The molecule has 1 amide bonds. The molecule has 6 nitrogen and oxygen atoms in total.